The van der Waals surface area contributed by atoms with Gasteiger partial charge in [-0.3, -0.25) is 4.79 Å². The molecule has 1 N–H and O–H groups in total. The van der Waals surface area contributed by atoms with Crippen molar-refractivity contribution in [3.8, 4) is 0 Å². The molecule has 0 aromatic rings. The Hall–Kier alpha value is 0.110. The minimum Gasteiger partial charge on any atom is -0.356 e. The van der Waals surface area contributed by atoms with E-state index in [4.69, 9.17) is 11.6 Å². The molecule has 1 amide bonds. The van der Waals surface area contributed by atoms with Crippen molar-refractivity contribution in [3.05, 3.63) is 0 Å². The Morgan fingerprint density at radius 2 is 2.00 bits per heavy atom. The molecule has 92 valence electrons. The molecule has 2 rings (SSSR count). The fourth-order valence-corrected chi connectivity index (χ4v) is 3.93. The summed E-state index contributed by atoms with van der Waals surface area (Å²) >= 11 is 7.95. The fourth-order valence-electron chi connectivity index (χ4n) is 2.46. The van der Waals surface area contributed by atoms with Crippen molar-refractivity contribution in [2.45, 2.75) is 37.5 Å². The number of hydrogen-bond donors (Lipinski definition) is 1. The van der Waals surface area contributed by atoms with Crippen molar-refractivity contribution in [2.75, 3.05) is 18.1 Å². The van der Waals surface area contributed by atoms with Crippen molar-refractivity contribution < 1.29 is 4.79 Å². The summed E-state index contributed by atoms with van der Waals surface area (Å²) in [6.45, 7) is 0.865. The number of nitrogens with one attached hydrogen (secondary N) is 1. The minimum absolute atomic E-state index is 0.273. The van der Waals surface area contributed by atoms with Gasteiger partial charge in [-0.15, -0.1) is 11.6 Å². The first-order valence-corrected chi connectivity index (χ1v) is 7.84. The molecule has 1 saturated heterocycles. The van der Waals surface area contributed by atoms with Crippen LogP contribution in [-0.2, 0) is 4.79 Å². The number of carbonyl (C=O) groups excluding carboxylic acids is 1. The SMILES string of the molecule is O=C(NCC1CCC(Cl)CC1)C1CCSC1. The van der Waals surface area contributed by atoms with Crippen LogP contribution in [0.2, 0.25) is 0 Å². The van der Waals surface area contributed by atoms with E-state index in [0.717, 1.165) is 37.3 Å². The average Bonchev–Trinajstić information content (AvgIpc) is 2.81. The van der Waals surface area contributed by atoms with Crippen LogP contribution in [0.15, 0.2) is 0 Å². The molecular weight excluding hydrogens is 242 g/mol. The molecule has 2 nitrogen and oxygen atoms in total. The van der Waals surface area contributed by atoms with Gasteiger partial charge in [0.05, 0.1) is 0 Å². The molecule has 0 aromatic heterocycles. The monoisotopic (exact) mass is 261 g/mol. The third-order valence-corrected chi connectivity index (χ3v) is 5.24. The van der Waals surface area contributed by atoms with Crippen LogP contribution in [-0.4, -0.2) is 29.3 Å². The van der Waals surface area contributed by atoms with E-state index in [-0.39, 0.29) is 11.8 Å². The summed E-state index contributed by atoms with van der Waals surface area (Å²) in [5, 5.41) is 3.49. The second-order valence-corrected chi connectivity index (χ2v) is 6.69. The summed E-state index contributed by atoms with van der Waals surface area (Å²) in [6, 6.07) is 0. The molecule has 2 aliphatic rings. The van der Waals surface area contributed by atoms with Crippen LogP contribution in [0.1, 0.15) is 32.1 Å². The van der Waals surface area contributed by atoms with Crippen LogP contribution < -0.4 is 5.32 Å². The van der Waals surface area contributed by atoms with Gasteiger partial charge in [-0.25, -0.2) is 0 Å². The summed E-state index contributed by atoms with van der Waals surface area (Å²) in [4.78, 5) is 11.8. The van der Waals surface area contributed by atoms with Gasteiger partial charge in [0.25, 0.3) is 0 Å². The van der Waals surface area contributed by atoms with Gasteiger partial charge >= 0.3 is 0 Å². The Kier molecular flexibility index (Phi) is 4.83. The second-order valence-electron chi connectivity index (χ2n) is 4.92. The third kappa shape index (κ3) is 3.56. The number of hydrogen-bond acceptors (Lipinski definition) is 2. The van der Waals surface area contributed by atoms with Gasteiger partial charge in [0.15, 0.2) is 0 Å². The molecule has 1 atom stereocenters. The van der Waals surface area contributed by atoms with Crippen LogP contribution in [0.3, 0.4) is 0 Å². The standard InChI is InChI=1S/C12H20ClNOS/c13-11-3-1-9(2-4-11)7-14-12(15)10-5-6-16-8-10/h9-11H,1-8H2,(H,14,15). The molecular formula is C12H20ClNOS. The van der Waals surface area contributed by atoms with Gasteiger partial charge in [-0.1, -0.05) is 0 Å². The predicted octanol–water partition coefficient (Wildman–Crippen LogP) is 2.65. The maximum atomic E-state index is 11.8. The lowest BCUT2D eigenvalue weighted by molar-refractivity contribution is -0.124. The smallest absolute Gasteiger partial charge is 0.223 e. The molecule has 1 unspecified atom stereocenters. The van der Waals surface area contributed by atoms with Gasteiger partial charge in [0.2, 0.25) is 5.91 Å². The molecule has 0 radical (unpaired) electrons. The lowest BCUT2D eigenvalue weighted by Crippen LogP contribution is -2.35. The van der Waals surface area contributed by atoms with Crippen molar-refractivity contribution in [1.29, 1.82) is 0 Å². The first kappa shape index (κ1) is 12.6. The van der Waals surface area contributed by atoms with Gasteiger partial charge < -0.3 is 5.32 Å². The van der Waals surface area contributed by atoms with Crippen molar-refractivity contribution in [1.82, 2.24) is 5.32 Å². The van der Waals surface area contributed by atoms with E-state index in [0.29, 0.717) is 11.3 Å². The summed E-state index contributed by atoms with van der Waals surface area (Å²) in [5.74, 6) is 3.37. The quantitative estimate of drug-likeness (QED) is 0.792. The summed E-state index contributed by atoms with van der Waals surface area (Å²) in [7, 11) is 0. The number of thioether (sulfide) groups is 1. The maximum absolute atomic E-state index is 11.8. The summed E-state index contributed by atoms with van der Waals surface area (Å²) < 4.78 is 0. The number of halogens is 1. The van der Waals surface area contributed by atoms with E-state index in [9.17, 15) is 4.79 Å². The zero-order chi connectivity index (χ0) is 11.4. The first-order valence-electron chi connectivity index (χ1n) is 6.25. The highest BCUT2D eigenvalue weighted by Gasteiger charge is 2.24. The Morgan fingerprint density at radius 3 is 2.62 bits per heavy atom. The van der Waals surface area contributed by atoms with E-state index in [2.05, 4.69) is 5.32 Å². The zero-order valence-electron chi connectivity index (χ0n) is 9.58. The van der Waals surface area contributed by atoms with Crippen molar-refractivity contribution in [2.24, 2.45) is 11.8 Å². The topological polar surface area (TPSA) is 29.1 Å². The number of amides is 1. The molecule has 0 spiro atoms. The summed E-state index contributed by atoms with van der Waals surface area (Å²) in [6.07, 6.45) is 5.63. The van der Waals surface area contributed by atoms with Crippen LogP contribution in [0.5, 0.6) is 0 Å². The number of alkyl halides is 1. The van der Waals surface area contributed by atoms with E-state index in [1.165, 1.54) is 12.8 Å². The van der Waals surface area contributed by atoms with Crippen LogP contribution in [0, 0.1) is 11.8 Å². The Morgan fingerprint density at radius 1 is 1.25 bits per heavy atom. The number of rotatable bonds is 3. The molecule has 1 saturated carbocycles. The molecule has 0 aromatic carbocycles. The van der Waals surface area contributed by atoms with Gasteiger partial charge in [-0.2, -0.15) is 11.8 Å². The molecule has 2 fully saturated rings. The van der Waals surface area contributed by atoms with Crippen molar-refractivity contribution in [3.63, 3.8) is 0 Å². The highest BCUT2D eigenvalue weighted by molar-refractivity contribution is 7.99. The first-order chi connectivity index (χ1) is 7.75. The Labute approximate surface area is 107 Å². The predicted molar refractivity (Wildman–Crippen MR) is 70.0 cm³/mol. The zero-order valence-corrected chi connectivity index (χ0v) is 11.2. The minimum atomic E-state index is 0.273. The fraction of sp³-hybridized carbons (Fsp3) is 0.917. The van der Waals surface area contributed by atoms with Crippen LogP contribution in [0.4, 0.5) is 0 Å². The molecule has 1 aliphatic carbocycles. The Bertz CT molecular complexity index is 235. The molecule has 0 bridgehead atoms. The molecule has 4 heteroatoms. The van der Waals surface area contributed by atoms with Gasteiger partial charge in [0.1, 0.15) is 0 Å². The highest BCUT2D eigenvalue weighted by atomic mass is 35.5. The lowest BCUT2D eigenvalue weighted by atomic mass is 9.89. The van der Waals surface area contributed by atoms with Crippen molar-refractivity contribution >= 4 is 29.3 Å². The third-order valence-electron chi connectivity index (χ3n) is 3.64. The van der Waals surface area contributed by atoms with E-state index in [1.54, 1.807) is 0 Å². The van der Waals surface area contributed by atoms with E-state index >= 15 is 0 Å². The maximum Gasteiger partial charge on any atom is 0.223 e. The molecule has 16 heavy (non-hydrogen) atoms. The summed E-state index contributed by atoms with van der Waals surface area (Å²) in [5.41, 5.74) is 0. The normalized spacial score (nSPS) is 34.9. The largest absolute Gasteiger partial charge is 0.356 e. The van der Waals surface area contributed by atoms with Gasteiger partial charge in [-0.05, 0) is 43.8 Å². The molecule has 1 aliphatic heterocycles. The average molecular weight is 262 g/mol. The highest BCUT2D eigenvalue weighted by Crippen LogP contribution is 2.27. The van der Waals surface area contributed by atoms with Crippen LogP contribution >= 0.6 is 23.4 Å². The molecule has 1 heterocycles. The number of carbonyl (C=O) groups is 1. The van der Waals surface area contributed by atoms with Gasteiger partial charge in [0, 0.05) is 23.6 Å². The Balaban J connectivity index is 1.65. The van der Waals surface area contributed by atoms with E-state index < -0.39 is 0 Å². The van der Waals surface area contributed by atoms with E-state index in [1.807, 2.05) is 11.8 Å². The van der Waals surface area contributed by atoms with Crippen LogP contribution in [0.25, 0.3) is 0 Å². The second kappa shape index (κ2) is 6.15. The lowest BCUT2D eigenvalue weighted by Gasteiger charge is -2.25.